The van der Waals surface area contributed by atoms with Gasteiger partial charge in [0.15, 0.2) is 6.10 Å². The molecule has 2 unspecified atom stereocenters. The normalized spacial score (nSPS) is 13.8. The fraction of sp³-hybridized carbons (Fsp3) is 0.741. The highest BCUT2D eigenvalue weighted by atomic mass is 31.2. The average molecular weight is 918 g/mol. The third-order valence-electron chi connectivity index (χ3n) is 10.8. The largest absolute Gasteiger partial charge is 0.472 e. The van der Waals surface area contributed by atoms with Crippen molar-refractivity contribution in [1.82, 2.24) is 0 Å². The van der Waals surface area contributed by atoms with E-state index in [1.807, 2.05) is 0 Å². The standard InChI is InChI=1S/C54H96NO8P/c1-3-5-7-9-11-13-15-17-18-19-20-21-22-23-24-25-26-27-28-29-30-31-32-33-34-35-37-39-41-43-45-47-54(57)63-52(51-62-64(58,59)61-49-48-55)50-60-53(56)46-44-42-40-38-36-16-14-12-10-8-6-4-2/h5,7,11-14,17-18,20-21,23-24,52H,3-4,6,8-10,15-16,19,22,25-51,55H2,1-2H3,(H,58,59)/b7-5-,13-11-,14-12-,18-17-,21-20-,24-23-. The highest BCUT2D eigenvalue weighted by molar-refractivity contribution is 7.47. The number of ether oxygens (including phenoxy) is 2. The highest BCUT2D eigenvalue weighted by Crippen LogP contribution is 2.43. The van der Waals surface area contributed by atoms with Gasteiger partial charge in [0.2, 0.25) is 0 Å². The van der Waals surface area contributed by atoms with Gasteiger partial charge in [0.1, 0.15) is 6.61 Å². The summed E-state index contributed by atoms with van der Waals surface area (Å²) in [5.41, 5.74) is 5.36. The predicted octanol–water partition coefficient (Wildman–Crippen LogP) is 15.8. The van der Waals surface area contributed by atoms with Crippen LogP contribution in [0.15, 0.2) is 72.9 Å². The van der Waals surface area contributed by atoms with E-state index in [0.717, 1.165) is 89.9 Å². The SMILES string of the molecule is CC/C=C\C/C=C\C/C=C\C/C=C\C/C=C\CCCCCCCCCCCCCCCCCC(=O)OC(COC(=O)CCCCCCC/C=C\CCCCC)COP(=O)(O)OCCN. The van der Waals surface area contributed by atoms with Crippen molar-refractivity contribution in [2.75, 3.05) is 26.4 Å². The number of phosphoric ester groups is 1. The van der Waals surface area contributed by atoms with Crippen molar-refractivity contribution < 1.29 is 37.6 Å². The molecule has 0 rings (SSSR count). The Morgan fingerprint density at radius 1 is 0.484 bits per heavy atom. The number of carbonyl (C=O) groups excluding carboxylic acids is 2. The van der Waals surface area contributed by atoms with E-state index in [4.69, 9.17) is 24.3 Å². The second-order valence-electron chi connectivity index (χ2n) is 17.0. The summed E-state index contributed by atoms with van der Waals surface area (Å²) in [4.78, 5) is 35.0. The zero-order valence-corrected chi connectivity index (χ0v) is 41.9. The summed E-state index contributed by atoms with van der Waals surface area (Å²) >= 11 is 0. The Hall–Kier alpha value is -2.55. The number of hydrogen-bond acceptors (Lipinski definition) is 8. The van der Waals surface area contributed by atoms with Gasteiger partial charge in [0.25, 0.3) is 0 Å². The van der Waals surface area contributed by atoms with Gasteiger partial charge in [-0.1, -0.05) is 202 Å². The highest BCUT2D eigenvalue weighted by Gasteiger charge is 2.26. The van der Waals surface area contributed by atoms with Crippen LogP contribution in [0.3, 0.4) is 0 Å². The smallest absolute Gasteiger partial charge is 0.462 e. The molecule has 0 aliphatic rings. The molecular formula is C54H96NO8P. The maximum atomic E-state index is 12.6. The Balaban J connectivity index is 3.93. The lowest BCUT2D eigenvalue weighted by atomic mass is 10.0. The van der Waals surface area contributed by atoms with Gasteiger partial charge >= 0.3 is 19.8 Å². The van der Waals surface area contributed by atoms with Crippen LogP contribution in [0.25, 0.3) is 0 Å². The van der Waals surface area contributed by atoms with Gasteiger partial charge in [-0.3, -0.25) is 18.6 Å². The van der Waals surface area contributed by atoms with E-state index in [-0.39, 0.29) is 32.6 Å². The second-order valence-corrected chi connectivity index (χ2v) is 18.5. The van der Waals surface area contributed by atoms with E-state index in [9.17, 15) is 19.0 Å². The molecule has 0 aliphatic heterocycles. The summed E-state index contributed by atoms with van der Waals surface area (Å²) in [5.74, 6) is -0.838. The van der Waals surface area contributed by atoms with Crippen LogP contribution in [-0.4, -0.2) is 49.3 Å². The number of carbonyl (C=O) groups is 2. The van der Waals surface area contributed by atoms with Gasteiger partial charge in [-0.25, -0.2) is 4.57 Å². The lowest BCUT2D eigenvalue weighted by molar-refractivity contribution is -0.161. The van der Waals surface area contributed by atoms with Crippen LogP contribution in [0.1, 0.15) is 226 Å². The van der Waals surface area contributed by atoms with E-state index >= 15 is 0 Å². The van der Waals surface area contributed by atoms with Crippen LogP contribution in [0.5, 0.6) is 0 Å². The molecule has 0 aromatic rings. The number of allylic oxidation sites excluding steroid dienone is 12. The van der Waals surface area contributed by atoms with E-state index in [1.54, 1.807) is 0 Å². The van der Waals surface area contributed by atoms with E-state index < -0.39 is 32.5 Å². The third-order valence-corrected chi connectivity index (χ3v) is 11.8. The van der Waals surface area contributed by atoms with Crippen molar-refractivity contribution in [3.05, 3.63) is 72.9 Å². The van der Waals surface area contributed by atoms with Crippen LogP contribution in [-0.2, 0) is 32.7 Å². The van der Waals surface area contributed by atoms with Crippen LogP contribution < -0.4 is 5.73 Å². The number of rotatable bonds is 48. The molecule has 0 saturated carbocycles. The minimum Gasteiger partial charge on any atom is -0.462 e. The molecule has 0 aromatic heterocycles. The van der Waals surface area contributed by atoms with Gasteiger partial charge in [-0.2, -0.15) is 0 Å². The molecule has 0 heterocycles. The fourth-order valence-electron chi connectivity index (χ4n) is 7.01. The van der Waals surface area contributed by atoms with Crippen molar-refractivity contribution in [1.29, 1.82) is 0 Å². The summed E-state index contributed by atoms with van der Waals surface area (Å²) in [6, 6.07) is 0. The molecule has 0 aliphatic carbocycles. The molecule has 2 atom stereocenters. The van der Waals surface area contributed by atoms with Crippen molar-refractivity contribution in [3.8, 4) is 0 Å². The summed E-state index contributed by atoms with van der Waals surface area (Å²) in [5, 5.41) is 0. The second kappa shape index (κ2) is 49.9. The molecule has 0 aromatic carbocycles. The first-order valence-corrected chi connectivity index (χ1v) is 27.4. The number of nitrogens with two attached hydrogens (primary N) is 1. The first-order valence-electron chi connectivity index (χ1n) is 25.9. The Morgan fingerprint density at radius 2 is 0.859 bits per heavy atom. The van der Waals surface area contributed by atoms with Crippen LogP contribution in [0.2, 0.25) is 0 Å². The summed E-state index contributed by atoms with van der Waals surface area (Å²) < 4.78 is 32.9. The third kappa shape index (κ3) is 48.9. The number of hydrogen-bond donors (Lipinski definition) is 2. The quantitative estimate of drug-likeness (QED) is 0.0265. The maximum absolute atomic E-state index is 12.6. The number of unbranched alkanes of at least 4 members (excludes halogenated alkanes) is 23. The molecule has 64 heavy (non-hydrogen) atoms. The summed E-state index contributed by atoms with van der Waals surface area (Å²) in [6.07, 6.45) is 62.4. The molecule has 0 bridgehead atoms. The predicted molar refractivity (Wildman–Crippen MR) is 270 cm³/mol. The minimum absolute atomic E-state index is 0.0507. The van der Waals surface area contributed by atoms with Gasteiger partial charge < -0.3 is 20.1 Å². The molecular weight excluding hydrogens is 822 g/mol. The first-order chi connectivity index (χ1) is 31.3. The van der Waals surface area contributed by atoms with Gasteiger partial charge in [0, 0.05) is 19.4 Å². The molecule has 0 saturated heterocycles. The van der Waals surface area contributed by atoms with Crippen LogP contribution in [0, 0.1) is 0 Å². The zero-order chi connectivity index (χ0) is 46.7. The van der Waals surface area contributed by atoms with E-state index in [2.05, 4.69) is 86.8 Å². The van der Waals surface area contributed by atoms with Crippen molar-refractivity contribution in [2.24, 2.45) is 5.73 Å². The Morgan fingerprint density at radius 3 is 1.30 bits per heavy atom. The molecule has 3 N–H and O–H groups in total. The van der Waals surface area contributed by atoms with Crippen molar-refractivity contribution >= 4 is 19.8 Å². The Labute approximate surface area is 392 Å². The van der Waals surface area contributed by atoms with Crippen LogP contribution >= 0.6 is 7.82 Å². The maximum Gasteiger partial charge on any atom is 0.472 e. The molecule has 370 valence electrons. The molecule has 0 amide bonds. The first kappa shape index (κ1) is 61.5. The van der Waals surface area contributed by atoms with Crippen molar-refractivity contribution in [2.45, 2.75) is 232 Å². The number of esters is 2. The molecule has 0 fully saturated rings. The summed E-state index contributed by atoms with van der Waals surface area (Å²) in [7, 11) is -4.38. The molecule has 10 heteroatoms. The molecule has 0 spiro atoms. The average Bonchev–Trinajstić information content (AvgIpc) is 3.28. The molecule has 9 nitrogen and oxygen atoms in total. The van der Waals surface area contributed by atoms with Crippen LogP contribution in [0.4, 0.5) is 0 Å². The fourth-order valence-corrected chi connectivity index (χ4v) is 7.77. The lowest BCUT2D eigenvalue weighted by Crippen LogP contribution is -2.29. The van der Waals surface area contributed by atoms with Gasteiger partial charge in [-0.15, -0.1) is 0 Å². The monoisotopic (exact) mass is 918 g/mol. The van der Waals surface area contributed by atoms with Crippen molar-refractivity contribution in [3.63, 3.8) is 0 Å². The topological polar surface area (TPSA) is 134 Å². The van der Waals surface area contributed by atoms with E-state index in [1.165, 1.54) is 103 Å². The Kier molecular flexibility index (Phi) is 47.9. The zero-order valence-electron chi connectivity index (χ0n) is 41.0. The summed E-state index contributed by atoms with van der Waals surface area (Å²) in [6.45, 7) is 3.59. The molecule has 0 radical (unpaired) electrons. The number of phosphoric acid groups is 1. The van der Waals surface area contributed by atoms with Gasteiger partial charge in [0.05, 0.1) is 13.2 Å². The van der Waals surface area contributed by atoms with Gasteiger partial charge in [-0.05, 0) is 83.5 Å². The lowest BCUT2D eigenvalue weighted by Gasteiger charge is -2.19. The Bertz CT molecular complexity index is 1280. The van der Waals surface area contributed by atoms with E-state index in [0.29, 0.717) is 6.42 Å². The minimum atomic E-state index is -4.38.